The Bertz CT molecular complexity index is 700. The van der Waals surface area contributed by atoms with Gasteiger partial charge in [-0.05, 0) is 48.4 Å². The van der Waals surface area contributed by atoms with Gasteiger partial charge in [0.15, 0.2) is 0 Å². The van der Waals surface area contributed by atoms with Gasteiger partial charge in [-0.1, -0.05) is 12.1 Å². The van der Waals surface area contributed by atoms with E-state index in [9.17, 15) is 4.79 Å². The first-order valence-electron chi connectivity index (χ1n) is 7.70. The zero-order valence-electron chi connectivity index (χ0n) is 12.7. The van der Waals surface area contributed by atoms with Crippen LogP contribution in [0.2, 0.25) is 0 Å². The Morgan fingerprint density at radius 2 is 2.13 bits per heavy atom. The third-order valence-electron chi connectivity index (χ3n) is 4.13. The van der Waals surface area contributed by atoms with Gasteiger partial charge >= 0.3 is 0 Å². The van der Waals surface area contributed by atoms with Crippen molar-refractivity contribution in [3.05, 3.63) is 57.8 Å². The van der Waals surface area contributed by atoms with E-state index in [1.54, 1.807) is 35.6 Å². The van der Waals surface area contributed by atoms with E-state index in [0.717, 1.165) is 26.1 Å². The molecule has 0 aliphatic carbocycles. The summed E-state index contributed by atoms with van der Waals surface area (Å²) in [5, 5.41) is 14.2. The summed E-state index contributed by atoms with van der Waals surface area (Å²) in [4.78, 5) is 13.8. The van der Waals surface area contributed by atoms with E-state index in [1.165, 1.54) is 4.88 Å². The lowest BCUT2D eigenvalue weighted by atomic mass is 9.90. The minimum absolute atomic E-state index is 0.00265. The molecule has 118 valence electrons. The largest absolute Gasteiger partial charge is 0.381 e. The molecule has 5 heteroatoms. The zero-order chi connectivity index (χ0) is 16.1. The molecule has 3 rings (SSSR count). The molecule has 0 radical (unpaired) electrons. The molecule has 23 heavy (non-hydrogen) atoms. The number of rotatable bonds is 4. The molecule has 0 spiro atoms. The standard InChI is InChI=1S/C18H18N2O2S/c19-12-13-3-1-4-15(11-13)18(21)20-17(16-5-2-10-23-16)14-6-8-22-9-7-14/h1-5,10-11,14,17H,6-9H2,(H,20,21)/t17-/m1/s1. The van der Waals surface area contributed by atoms with Crippen molar-refractivity contribution >= 4 is 17.2 Å². The molecule has 0 unspecified atom stereocenters. The molecule has 1 aliphatic heterocycles. The normalized spacial score (nSPS) is 16.5. The molecule has 1 N–H and O–H groups in total. The fraction of sp³-hybridized carbons (Fsp3) is 0.333. The number of thiophene rings is 1. The maximum atomic E-state index is 12.6. The molecule has 2 aromatic rings. The summed E-state index contributed by atoms with van der Waals surface area (Å²) in [5.74, 6) is 0.248. The van der Waals surface area contributed by atoms with Gasteiger partial charge < -0.3 is 10.1 Å². The highest BCUT2D eigenvalue weighted by Crippen LogP contribution is 2.32. The van der Waals surface area contributed by atoms with Gasteiger partial charge in [0.2, 0.25) is 0 Å². The van der Waals surface area contributed by atoms with Crippen LogP contribution in [-0.4, -0.2) is 19.1 Å². The Morgan fingerprint density at radius 3 is 2.83 bits per heavy atom. The smallest absolute Gasteiger partial charge is 0.251 e. The number of amides is 1. The fourth-order valence-corrected chi connectivity index (χ4v) is 3.76. The quantitative estimate of drug-likeness (QED) is 0.935. The van der Waals surface area contributed by atoms with Gasteiger partial charge in [0.05, 0.1) is 17.7 Å². The number of ether oxygens (including phenoxy) is 1. The second-order valence-electron chi connectivity index (χ2n) is 5.61. The van der Waals surface area contributed by atoms with Crippen LogP contribution in [0.4, 0.5) is 0 Å². The third-order valence-corrected chi connectivity index (χ3v) is 5.08. The molecule has 1 aromatic carbocycles. The van der Waals surface area contributed by atoms with Gasteiger partial charge in [0, 0.05) is 23.7 Å². The molecule has 1 saturated heterocycles. The van der Waals surface area contributed by atoms with E-state index in [2.05, 4.69) is 17.5 Å². The van der Waals surface area contributed by atoms with Crippen LogP contribution in [0.3, 0.4) is 0 Å². The summed E-state index contributed by atoms with van der Waals surface area (Å²) in [6.45, 7) is 1.48. The van der Waals surface area contributed by atoms with Crippen molar-refractivity contribution < 1.29 is 9.53 Å². The minimum atomic E-state index is -0.132. The van der Waals surface area contributed by atoms with Crippen molar-refractivity contribution in [2.75, 3.05) is 13.2 Å². The number of nitriles is 1. The Labute approximate surface area is 139 Å². The summed E-state index contributed by atoms with van der Waals surface area (Å²) in [6.07, 6.45) is 1.89. The Hall–Kier alpha value is -2.16. The van der Waals surface area contributed by atoms with Crippen LogP contribution in [0, 0.1) is 17.2 Å². The van der Waals surface area contributed by atoms with Gasteiger partial charge in [-0.15, -0.1) is 11.3 Å². The first kappa shape index (κ1) is 15.7. The first-order valence-corrected chi connectivity index (χ1v) is 8.58. The van der Waals surface area contributed by atoms with Gasteiger partial charge in [-0.25, -0.2) is 0 Å². The van der Waals surface area contributed by atoms with E-state index in [4.69, 9.17) is 10.00 Å². The van der Waals surface area contributed by atoms with Gasteiger partial charge in [0.1, 0.15) is 0 Å². The van der Waals surface area contributed by atoms with E-state index < -0.39 is 0 Å². The summed E-state index contributed by atoms with van der Waals surface area (Å²) >= 11 is 1.66. The molecule has 1 amide bonds. The highest BCUT2D eigenvalue weighted by molar-refractivity contribution is 7.10. The predicted octanol–water partition coefficient (Wildman–Crippen LogP) is 3.52. The Morgan fingerprint density at radius 1 is 1.30 bits per heavy atom. The van der Waals surface area contributed by atoms with Crippen molar-refractivity contribution in [1.82, 2.24) is 5.32 Å². The monoisotopic (exact) mass is 326 g/mol. The van der Waals surface area contributed by atoms with E-state index in [1.807, 2.05) is 11.4 Å². The van der Waals surface area contributed by atoms with Crippen LogP contribution in [0.5, 0.6) is 0 Å². The molecular formula is C18H18N2O2S. The number of carbonyl (C=O) groups is 1. The fourth-order valence-electron chi connectivity index (χ4n) is 2.89. The molecule has 1 aliphatic rings. The lowest BCUT2D eigenvalue weighted by Crippen LogP contribution is -2.35. The molecule has 1 fully saturated rings. The second-order valence-corrected chi connectivity index (χ2v) is 6.59. The Balaban J connectivity index is 1.80. The van der Waals surface area contributed by atoms with Crippen molar-refractivity contribution in [3.63, 3.8) is 0 Å². The average Bonchev–Trinajstić information content (AvgIpc) is 3.14. The van der Waals surface area contributed by atoms with Crippen LogP contribution < -0.4 is 5.32 Å². The van der Waals surface area contributed by atoms with Crippen molar-refractivity contribution in [1.29, 1.82) is 5.26 Å². The van der Waals surface area contributed by atoms with Crippen LogP contribution in [0.1, 0.15) is 39.7 Å². The van der Waals surface area contributed by atoms with Crippen molar-refractivity contribution in [2.24, 2.45) is 5.92 Å². The molecule has 2 heterocycles. The van der Waals surface area contributed by atoms with Gasteiger partial charge in [-0.3, -0.25) is 4.79 Å². The SMILES string of the molecule is N#Cc1cccc(C(=O)N[C@@H](c2cccs2)C2CCOCC2)c1. The predicted molar refractivity (Wildman–Crippen MR) is 89.2 cm³/mol. The van der Waals surface area contributed by atoms with Crippen LogP contribution in [0.25, 0.3) is 0 Å². The van der Waals surface area contributed by atoms with E-state index in [-0.39, 0.29) is 11.9 Å². The summed E-state index contributed by atoms with van der Waals surface area (Å²) < 4.78 is 5.44. The lowest BCUT2D eigenvalue weighted by Gasteiger charge is -2.30. The Kier molecular flexibility index (Phi) is 5.06. The number of hydrogen-bond acceptors (Lipinski definition) is 4. The number of nitrogens with zero attached hydrogens (tertiary/aromatic N) is 1. The highest BCUT2D eigenvalue weighted by Gasteiger charge is 2.28. The summed E-state index contributed by atoms with van der Waals surface area (Å²) in [5.41, 5.74) is 1.02. The third kappa shape index (κ3) is 3.79. The number of carbonyl (C=O) groups excluding carboxylic acids is 1. The van der Waals surface area contributed by atoms with Crippen LogP contribution >= 0.6 is 11.3 Å². The van der Waals surface area contributed by atoms with Crippen LogP contribution in [-0.2, 0) is 4.74 Å². The molecule has 1 atom stereocenters. The van der Waals surface area contributed by atoms with Gasteiger partial charge in [0.25, 0.3) is 5.91 Å². The van der Waals surface area contributed by atoms with Crippen molar-refractivity contribution in [3.8, 4) is 6.07 Å². The number of nitrogens with one attached hydrogen (secondary N) is 1. The molecular weight excluding hydrogens is 308 g/mol. The average molecular weight is 326 g/mol. The molecule has 0 saturated carbocycles. The first-order chi connectivity index (χ1) is 11.3. The maximum absolute atomic E-state index is 12.6. The summed E-state index contributed by atoms with van der Waals surface area (Å²) in [6, 6.07) is 13.0. The zero-order valence-corrected chi connectivity index (χ0v) is 13.5. The van der Waals surface area contributed by atoms with Gasteiger partial charge in [-0.2, -0.15) is 5.26 Å². The minimum Gasteiger partial charge on any atom is -0.381 e. The molecule has 0 bridgehead atoms. The van der Waals surface area contributed by atoms with E-state index >= 15 is 0 Å². The van der Waals surface area contributed by atoms with Crippen LogP contribution in [0.15, 0.2) is 41.8 Å². The highest BCUT2D eigenvalue weighted by atomic mass is 32.1. The summed E-state index contributed by atoms with van der Waals surface area (Å²) in [7, 11) is 0. The number of benzene rings is 1. The molecule has 1 aromatic heterocycles. The molecule has 4 nitrogen and oxygen atoms in total. The van der Waals surface area contributed by atoms with Crippen molar-refractivity contribution in [2.45, 2.75) is 18.9 Å². The topological polar surface area (TPSA) is 62.1 Å². The number of hydrogen-bond donors (Lipinski definition) is 1. The maximum Gasteiger partial charge on any atom is 0.251 e. The second kappa shape index (κ2) is 7.40. The van der Waals surface area contributed by atoms with E-state index in [0.29, 0.717) is 17.0 Å². The lowest BCUT2D eigenvalue weighted by molar-refractivity contribution is 0.0518.